The van der Waals surface area contributed by atoms with Crippen molar-refractivity contribution in [1.29, 1.82) is 0 Å². The van der Waals surface area contributed by atoms with Gasteiger partial charge >= 0.3 is 0 Å². The van der Waals surface area contributed by atoms with Crippen LogP contribution in [0.15, 0.2) is 30.6 Å². The van der Waals surface area contributed by atoms with Crippen molar-refractivity contribution < 1.29 is 4.79 Å². The van der Waals surface area contributed by atoms with E-state index < -0.39 is 0 Å². The van der Waals surface area contributed by atoms with Gasteiger partial charge in [-0.05, 0) is 37.1 Å². The van der Waals surface area contributed by atoms with E-state index >= 15 is 0 Å². The minimum atomic E-state index is -0.0101. The van der Waals surface area contributed by atoms with Crippen LogP contribution in [0, 0.1) is 0 Å². The van der Waals surface area contributed by atoms with E-state index in [0.29, 0.717) is 5.56 Å². The molecule has 1 aliphatic rings. The monoisotopic (exact) mass is 256 g/mol. The number of carbonyl (C=O) groups excluding carboxylic acids is 1. The van der Waals surface area contributed by atoms with Crippen LogP contribution in [0.25, 0.3) is 0 Å². The number of benzene rings is 1. The van der Waals surface area contributed by atoms with Gasteiger partial charge in [-0.15, -0.1) is 0 Å². The van der Waals surface area contributed by atoms with Crippen LogP contribution in [-0.4, -0.2) is 21.7 Å². The highest BCUT2D eigenvalue weighted by Gasteiger charge is 2.31. The maximum atomic E-state index is 12.6. The van der Waals surface area contributed by atoms with E-state index in [2.05, 4.69) is 5.10 Å². The third-order valence-electron chi connectivity index (χ3n) is 3.49. The van der Waals surface area contributed by atoms with Crippen LogP contribution in [0.5, 0.6) is 0 Å². The van der Waals surface area contributed by atoms with Gasteiger partial charge in [-0.2, -0.15) is 5.10 Å². The van der Waals surface area contributed by atoms with Crippen LogP contribution in [-0.2, 0) is 13.5 Å². The van der Waals surface area contributed by atoms with Crippen LogP contribution < -0.4 is 10.6 Å². The Balaban J connectivity index is 2.00. The highest BCUT2D eigenvalue weighted by molar-refractivity contribution is 6.07. The molecule has 0 radical (unpaired) electrons. The maximum absolute atomic E-state index is 12.6. The molecular weight excluding hydrogens is 240 g/mol. The molecule has 19 heavy (non-hydrogen) atoms. The Morgan fingerprint density at radius 3 is 2.95 bits per heavy atom. The second-order valence-electron chi connectivity index (χ2n) is 5.02. The van der Waals surface area contributed by atoms with Crippen molar-refractivity contribution in [3.05, 3.63) is 41.7 Å². The van der Waals surface area contributed by atoms with Crippen molar-refractivity contribution in [2.45, 2.75) is 19.4 Å². The highest BCUT2D eigenvalue weighted by Crippen LogP contribution is 2.34. The number of hydrogen-bond donors (Lipinski definition) is 1. The molecule has 0 aliphatic carbocycles. The number of aryl methyl sites for hydroxylation is 1. The summed E-state index contributed by atoms with van der Waals surface area (Å²) in [6, 6.07) is 5.84. The second-order valence-corrected chi connectivity index (χ2v) is 5.02. The fourth-order valence-corrected chi connectivity index (χ4v) is 2.63. The molecule has 0 saturated heterocycles. The molecule has 0 fully saturated rings. The molecule has 98 valence electrons. The van der Waals surface area contributed by atoms with Crippen LogP contribution in [0.4, 0.5) is 11.4 Å². The van der Waals surface area contributed by atoms with Crippen LogP contribution in [0.2, 0.25) is 0 Å². The molecule has 0 saturated carbocycles. The molecule has 2 aromatic rings. The number of amides is 1. The number of nitrogen functional groups attached to an aromatic ring is 1. The Hall–Kier alpha value is -2.30. The minimum Gasteiger partial charge on any atom is -0.399 e. The summed E-state index contributed by atoms with van der Waals surface area (Å²) in [5.74, 6) is -0.0101. The SMILES string of the molecule is CC1Cc2cc(N)ccc2N1C(=O)c1cnn(C)c1. The molecule has 5 heteroatoms. The number of carbonyl (C=O) groups is 1. The van der Waals surface area contributed by atoms with Crippen LogP contribution in [0.3, 0.4) is 0 Å². The summed E-state index contributed by atoms with van der Waals surface area (Å²) in [5, 5.41) is 4.05. The third kappa shape index (κ3) is 1.87. The lowest BCUT2D eigenvalue weighted by Gasteiger charge is -2.22. The van der Waals surface area contributed by atoms with Gasteiger partial charge < -0.3 is 10.6 Å². The van der Waals surface area contributed by atoms with Crippen molar-refractivity contribution in [3.63, 3.8) is 0 Å². The lowest BCUT2D eigenvalue weighted by Crippen LogP contribution is -2.35. The molecule has 0 spiro atoms. The highest BCUT2D eigenvalue weighted by atomic mass is 16.2. The molecular formula is C14H16N4O. The lowest BCUT2D eigenvalue weighted by molar-refractivity contribution is 0.0981. The van der Waals surface area contributed by atoms with Gasteiger partial charge in [0.05, 0.1) is 11.8 Å². The number of hydrogen-bond acceptors (Lipinski definition) is 3. The van der Waals surface area contributed by atoms with Gasteiger partial charge in [0.1, 0.15) is 0 Å². The predicted molar refractivity (Wildman–Crippen MR) is 74.0 cm³/mol. The second kappa shape index (κ2) is 4.12. The summed E-state index contributed by atoms with van der Waals surface area (Å²) in [6.07, 6.45) is 4.18. The van der Waals surface area contributed by atoms with Crippen molar-refractivity contribution >= 4 is 17.3 Å². The smallest absolute Gasteiger partial charge is 0.261 e. The Morgan fingerprint density at radius 1 is 1.47 bits per heavy atom. The Kier molecular flexibility index (Phi) is 2.55. The van der Waals surface area contributed by atoms with E-state index in [1.54, 1.807) is 24.1 Å². The Morgan fingerprint density at radius 2 is 2.26 bits per heavy atom. The average molecular weight is 256 g/mol. The molecule has 1 unspecified atom stereocenters. The standard InChI is InChI=1S/C14H16N4O/c1-9-5-10-6-12(15)3-4-13(10)18(9)14(19)11-7-16-17(2)8-11/h3-4,6-9H,5,15H2,1-2H3. The first kappa shape index (κ1) is 11.8. The lowest BCUT2D eigenvalue weighted by atomic mass is 10.1. The first-order valence-electron chi connectivity index (χ1n) is 6.27. The summed E-state index contributed by atoms with van der Waals surface area (Å²) in [7, 11) is 1.80. The van der Waals surface area contributed by atoms with Crippen molar-refractivity contribution in [2.75, 3.05) is 10.6 Å². The van der Waals surface area contributed by atoms with Gasteiger partial charge in [-0.1, -0.05) is 0 Å². The first-order valence-corrected chi connectivity index (χ1v) is 6.27. The number of rotatable bonds is 1. The zero-order valence-corrected chi connectivity index (χ0v) is 11.0. The van der Waals surface area contributed by atoms with Gasteiger partial charge in [0, 0.05) is 30.7 Å². The molecule has 1 aromatic heterocycles. The van der Waals surface area contributed by atoms with Crippen molar-refractivity contribution in [2.24, 2.45) is 7.05 Å². The molecule has 2 heterocycles. The molecule has 1 aromatic carbocycles. The average Bonchev–Trinajstić information content (AvgIpc) is 2.91. The summed E-state index contributed by atoms with van der Waals surface area (Å²) >= 11 is 0. The topological polar surface area (TPSA) is 64.2 Å². The zero-order chi connectivity index (χ0) is 13.6. The van der Waals surface area contributed by atoms with Crippen molar-refractivity contribution in [1.82, 2.24) is 9.78 Å². The van der Waals surface area contributed by atoms with Gasteiger partial charge in [0.2, 0.25) is 0 Å². The van der Waals surface area contributed by atoms with E-state index in [0.717, 1.165) is 23.4 Å². The third-order valence-corrected chi connectivity index (χ3v) is 3.49. The molecule has 3 rings (SSSR count). The Labute approximate surface area is 111 Å². The summed E-state index contributed by atoms with van der Waals surface area (Å²) in [6.45, 7) is 2.05. The van der Waals surface area contributed by atoms with E-state index in [9.17, 15) is 4.79 Å². The van der Waals surface area contributed by atoms with Gasteiger partial charge in [-0.3, -0.25) is 9.48 Å². The largest absolute Gasteiger partial charge is 0.399 e. The number of anilines is 2. The molecule has 1 atom stereocenters. The molecule has 1 aliphatic heterocycles. The molecule has 1 amide bonds. The molecule has 5 nitrogen and oxygen atoms in total. The number of nitrogens with zero attached hydrogens (tertiary/aromatic N) is 3. The number of aromatic nitrogens is 2. The van der Waals surface area contributed by atoms with E-state index in [4.69, 9.17) is 5.73 Å². The minimum absolute atomic E-state index is 0.0101. The van der Waals surface area contributed by atoms with E-state index in [1.165, 1.54) is 0 Å². The number of fused-ring (bicyclic) bond motifs is 1. The maximum Gasteiger partial charge on any atom is 0.261 e. The van der Waals surface area contributed by atoms with Crippen molar-refractivity contribution in [3.8, 4) is 0 Å². The predicted octanol–water partition coefficient (Wildman–Crippen LogP) is 1.59. The van der Waals surface area contributed by atoms with Gasteiger partial charge in [0.25, 0.3) is 5.91 Å². The van der Waals surface area contributed by atoms with Crippen LogP contribution in [0.1, 0.15) is 22.8 Å². The number of nitrogens with two attached hydrogens (primary N) is 1. The van der Waals surface area contributed by atoms with Crippen LogP contribution >= 0.6 is 0 Å². The molecule has 0 bridgehead atoms. The zero-order valence-electron chi connectivity index (χ0n) is 11.0. The summed E-state index contributed by atoms with van der Waals surface area (Å²) < 4.78 is 1.64. The fraction of sp³-hybridized carbons (Fsp3) is 0.286. The van der Waals surface area contributed by atoms with Gasteiger partial charge in [-0.25, -0.2) is 0 Å². The quantitative estimate of drug-likeness (QED) is 0.788. The summed E-state index contributed by atoms with van der Waals surface area (Å²) in [4.78, 5) is 14.4. The summed E-state index contributed by atoms with van der Waals surface area (Å²) in [5.41, 5.74) is 9.23. The van der Waals surface area contributed by atoms with E-state index in [-0.39, 0.29) is 11.9 Å². The first-order chi connectivity index (χ1) is 9.06. The van der Waals surface area contributed by atoms with Gasteiger partial charge in [0.15, 0.2) is 0 Å². The molecule has 2 N–H and O–H groups in total. The fourth-order valence-electron chi connectivity index (χ4n) is 2.63. The van der Waals surface area contributed by atoms with E-state index in [1.807, 2.05) is 30.0 Å². The normalized spacial score (nSPS) is 17.6. The Bertz CT molecular complexity index is 647.